The van der Waals surface area contributed by atoms with E-state index in [-0.39, 0.29) is 5.60 Å². The van der Waals surface area contributed by atoms with Gasteiger partial charge in [-0.15, -0.1) is 0 Å². The van der Waals surface area contributed by atoms with Gasteiger partial charge in [0, 0.05) is 6.54 Å². The molecule has 0 saturated heterocycles. The fraction of sp³-hybridized carbons (Fsp3) is 1.00. The van der Waals surface area contributed by atoms with Crippen LogP contribution in [0.25, 0.3) is 0 Å². The lowest BCUT2D eigenvalue weighted by Crippen LogP contribution is -2.47. The number of hydrogen-bond acceptors (Lipinski definition) is 2. The van der Waals surface area contributed by atoms with Crippen molar-refractivity contribution in [3.63, 3.8) is 0 Å². The molecule has 0 aromatic heterocycles. The first kappa shape index (κ1) is 16.3. The fourth-order valence-electron chi connectivity index (χ4n) is 4.18. The molecular formula is C18H35NO. The summed E-state index contributed by atoms with van der Waals surface area (Å²) in [6.07, 6.45) is 10.7. The largest absolute Gasteiger partial charge is 0.373 e. The van der Waals surface area contributed by atoms with Gasteiger partial charge in [-0.05, 0) is 62.8 Å². The Bertz CT molecular complexity index is 280. The van der Waals surface area contributed by atoms with Gasteiger partial charge in [0.1, 0.15) is 0 Å². The van der Waals surface area contributed by atoms with Crippen molar-refractivity contribution in [1.29, 1.82) is 0 Å². The van der Waals surface area contributed by atoms with Gasteiger partial charge in [0.15, 0.2) is 0 Å². The van der Waals surface area contributed by atoms with Crippen LogP contribution in [0.5, 0.6) is 0 Å². The normalized spacial score (nSPS) is 32.7. The summed E-state index contributed by atoms with van der Waals surface area (Å²) in [7, 11) is 2.07. The molecule has 0 bridgehead atoms. The van der Waals surface area contributed by atoms with E-state index in [4.69, 9.17) is 4.74 Å². The lowest BCUT2D eigenvalue weighted by molar-refractivity contribution is -0.0943. The Morgan fingerprint density at radius 2 is 1.65 bits per heavy atom. The van der Waals surface area contributed by atoms with Gasteiger partial charge in [0.05, 0.1) is 12.2 Å². The third-order valence-electron chi connectivity index (χ3n) is 5.72. The first-order valence-electron chi connectivity index (χ1n) is 8.74. The summed E-state index contributed by atoms with van der Waals surface area (Å²) in [6.45, 7) is 9.20. The maximum absolute atomic E-state index is 6.49. The smallest absolute Gasteiger partial charge is 0.0806 e. The Hall–Kier alpha value is -0.0800. The van der Waals surface area contributed by atoms with Crippen molar-refractivity contribution in [1.82, 2.24) is 5.32 Å². The standard InChI is InChI=1S/C18H35NO/c1-17(2,3)16-9-11-18(12-10-16,14-19-4)20-13-15-7-5-6-8-15/h15-16,19H,5-14H2,1-4H3. The van der Waals surface area contributed by atoms with Gasteiger partial charge in [-0.1, -0.05) is 33.6 Å². The average Bonchev–Trinajstić information content (AvgIpc) is 2.89. The number of hydrogen-bond donors (Lipinski definition) is 1. The van der Waals surface area contributed by atoms with Crippen molar-refractivity contribution in [3.8, 4) is 0 Å². The van der Waals surface area contributed by atoms with E-state index in [0.717, 1.165) is 25.0 Å². The van der Waals surface area contributed by atoms with Crippen LogP contribution in [-0.4, -0.2) is 25.8 Å². The molecule has 0 aromatic rings. The Balaban J connectivity index is 1.87. The van der Waals surface area contributed by atoms with Crippen molar-refractivity contribution in [2.24, 2.45) is 17.3 Å². The van der Waals surface area contributed by atoms with Crippen LogP contribution in [0, 0.1) is 17.3 Å². The highest BCUT2D eigenvalue weighted by Gasteiger charge is 2.39. The van der Waals surface area contributed by atoms with Crippen molar-refractivity contribution in [3.05, 3.63) is 0 Å². The zero-order valence-corrected chi connectivity index (χ0v) is 14.1. The minimum absolute atomic E-state index is 0.124. The van der Waals surface area contributed by atoms with Crippen LogP contribution in [0.2, 0.25) is 0 Å². The molecule has 2 saturated carbocycles. The highest BCUT2D eigenvalue weighted by molar-refractivity contribution is 4.92. The average molecular weight is 281 g/mol. The van der Waals surface area contributed by atoms with Crippen LogP contribution >= 0.6 is 0 Å². The summed E-state index contributed by atoms with van der Waals surface area (Å²) in [5.74, 6) is 1.70. The Morgan fingerprint density at radius 1 is 1.05 bits per heavy atom. The van der Waals surface area contributed by atoms with Crippen LogP contribution in [-0.2, 0) is 4.74 Å². The topological polar surface area (TPSA) is 21.3 Å². The molecule has 0 aromatic carbocycles. The first-order chi connectivity index (χ1) is 9.45. The van der Waals surface area contributed by atoms with Crippen molar-refractivity contribution in [2.75, 3.05) is 20.2 Å². The van der Waals surface area contributed by atoms with Crippen molar-refractivity contribution >= 4 is 0 Å². The molecule has 2 fully saturated rings. The Morgan fingerprint density at radius 3 is 2.15 bits per heavy atom. The van der Waals surface area contributed by atoms with E-state index in [0.29, 0.717) is 5.41 Å². The second-order valence-corrected chi connectivity index (χ2v) is 8.32. The molecule has 0 aliphatic heterocycles. The molecule has 2 aliphatic carbocycles. The molecule has 2 heteroatoms. The number of ether oxygens (including phenoxy) is 1. The molecule has 2 aliphatic rings. The van der Waals surface area contributed by atoms with Gasteiger partial charge in [-0.2, -0.15) is 0 Å². The molecule has 0 spiro atoms. The van der Waals surface area contributed by atoms with Crippen LogP contribution in [0.3, 0.4) is 0 Å². The second kappa shape index (κ2) is 6.79. The molecule has 1 N–H and O–H groups in total. The predicted octanol–water partition coefficient (Wildman–Crippen LogP) is 4.39. The molecule has 118 valence electrons. The lowest BCUT2D eigenvalue weighted by Gasteiger charge is -2.44. The molecule has 0 amide bonds. The van der Waals surface area contributed by atoms with Crippen molar-refractivity contribution in [2.45, 2.75) is 77.7 Å². The van der Waals surface area contributed by atoms with Crippen molar-refractivity contribution < 1.29 is 4.74 Å². The molecule has 0 heterocycles. The van der Waals surface area contributed by atoms with Gasteiger partial charge < -0.3 is 10.1 Å². The van der Waals surface area contributed by atoms with Gasteiger partial charge in [-0.3, -0.25) is 0 Å². The third kappa shape index (κ3) is 4.21. The molecule has 2 nitrogen and oxygen atoms in total. The zero-order chi connectivity index (χ0) is 14.6. The second-order valence-electron chi connectivity index (χ2n) is 8.32. The summed E-state index contributed by atoms with van der Waals surface area (Å²) >= 11 is 0. The van der Waals surface area contributed by atoms with E-state index in [9.17, 15) is 0 Å². The molecule has 0 radical (unpaired) electrons. The maximum Gasteiger partial charge on any atom is 0.0806 e. The highest BCUT2D eigenvalue weighted by atomic mass is 16.5. The number of nitrogens with one attached hydrogen (secondary N) is 1. The summed E-state index contributed by atoms with van der Waals surface area (Å²) in [5, 5.41) is 3.38. The lowest BCUT2D eigenvalue weighted by atomic mass is 9.68. The Kier molecular flexibility index (Phi) is 5.53. The maximum atomic E-state index is 6.49. The zero-order valence-electron chi connectivity index (χ0n) is 14.1. The van der Waals surface area contributed by atoms with E-state index in [1.54, 1.807) is 0 Å². The predicted molar refractivity (Wildman–Crippen MR) is 86.0 cm³/mol. The monoisotopic (exact) mass is 281 g/mol. The van der Waals surface area contributed by atoms with Gasteiger partial charge in [-0.25, -0.2) is 0 Å². The molecule has 2 rings (SSSR count). The van der Waals surface area contributed by atoms with Crippen LogP contribution < -0.4 is 5.32 Å². The van der Waals surface area contributed by atoms with E-state index in [2.05, 4.69) is 33.1 Å². The van der Waals surface area contributed by atoms with E-state index in [1.807, 2.05) is 0 Å². The molecular weight excluding hydrogens is 246 g/mol. The minimum atomic E-state index is 0.124. The first-order valence-corrected chi connectivity index (χ1v) is 8.74. The van der Waals surface area contributed by atoms with Crippen LogP contribution in [0.4, 0.5) is 0 Å². The summed E-state index contributed by atoms with van der Waals surface area (Å²) in [6, 6.07) is 0. The van der Waals surface area contributed by atoms with E-state index in [1.165, 1.54) is 51.4 Å². The minimum Gasteiger partial charge on any atom is -0.373 e. The van der Waals surface area contributed by atoms with Gasteiger partial charge >= 0.3 is 0 Å². The molecule has 0 unspecified atom stereocenters. The van der Waals surface area contributed by atoms with Crippen LogP contribution in [0.1, 0.15) is 72.1 Å². The SMILES string of the molecule is CNCC1(OCC2CCCC2)CCC(C(C)(C)C)CC1. The summed E-state index contributed by atoms with van der Waals surface area (Å²) in [5.41, 5.74) is 0.580. The van der Waals surface area contributed by atoms with Crippen LogP contribution in [0.15, 0.2) is 0 Å². The fourth-order valence-corrected chi connectivity index (χ4v) is 4.18. The Labute approximate surface area is 126 Å². The van der Waals surface area contributed by atoms with E-state index >= 15 is 0 Å². The molecule has 0 atom stereocenters. The summed E-state index contributed by atoms with van der Waals surface area (Å²) < 4.78 is 6.49. The van der Waals surface area contributed by atoms with Gasteiger partial charge in [0.2, 0.25) is 0 Å². The molecule has 20 heavy (non-hydrogen) atoms. The number of rotatable bonds is 5. The summed E-state index contributed by atoms with van der Waals surface area (Å²) in [4.78, 5) is 0. The van der Waals surface area contributed by atoms with Gasteiger partial charge in [0.25, 0.3) is 0 Å². The highest BCUT2D eigenvalue weighted by Crippen LogP contribution is 2.43. The quantitative estimate of drug-likeness (QED) is 0.807. The van der Waals surface area contributed by atoms with E-state index < -0.39 is 0 Å². The number of likely N-dealkylation sites (N-methyl/N-ethyl adjacent to an activating group) is 1. The third-order valence-corrected chi connectivity index (χ3v) is 5.72.